The molecule has 3 aliphatic rings. The Morgan fingerprint density at radius 1 is 0.477 bits per heavy atom. The fourth-order valence-corrected chi connectivity index (χ4v) is 11.5. The highest BCUT2D eigenvalue weighted by molar-refractivity contribution is 6.16. The monoisotopic (exact) mass is 828 g/mol. The third-order valence-electron chi connectivity index (χ3n) is 14.2. The van der Waals surface area contributed by atoms with Crippen LogP contribution < -0.4 is 4.90 Å². The normalized spacial score (nSPS) is 15.4. The first kappa shape index (κ1) is 37.4. The Morgan fingerprint density at radius 3 is 1.92 bits per heavy atom. The van der Waals surface area contributed by atoms with Gasteiger partial charge in [-0.3, -0.25) is 0 Å². The molecule has 1 aromatic heterocycles. The second kappa shape index (κ2) is 15.0. The molecular formula is C63H44N2. The Morgan fingerprint density at radius 2 is 1.12 bits per heavy atom. The summed E-state index contributed by atoms with van der Waals surface area (Å²) in [6.07, 6.45) is 10.4. The molecule has 13 rings (SSSR count). The lowest BCUT2D eigenvalue weighted by atomic mass is 9.67. The van der Waals surface area contributed by atoms with Gasteiger partial charge in [0.05, 0.1) is 22.1 Å². The van der Waals surface area contributed by atoms with E-state index in [1.54, 1.807) is 0 Å². The minimum atomic E-state index is -0.456. The van der Waals surface area contributed by atoms with Crippen molar-refractivity contribution in [2.75, 3.05) is 4.90 Å². The zero-order valence-corrected chi connectivity index (χ0v) is 35.9. The fraction of sp³-hybridized carbons (Fsp3) is 0.0476. The largest absolute Gasteiger partial charge is 0.310 e. The lowest BCUT2D eigenvalue weighted by Crippen LogP contribution is -2.28. The zero-order chi connectivity index (χ0) is 42.9. The number of rotatable bonds is 7. The van der Waals surface area contributed by atoms with Gasteiger partial charge in [-0.15, -0.1) is 0 Å². The predicted octanol–water partition coefficient (Wildman–Crippen LogP) is 16.0. The SMILES string of the molecule is C1=CC(N(c2ccc(-c3ccc4c(c3)C(c3ccccc3)(c3ccccc3)c3ccccc3-4)cc2)c2cccc3c2c2ccccc2n3-c2ccccc2)=C2C=Cc3ccccc3C2C1. The van der Waals surface area contributed by atoms with E-state index in [9.17, 15) is 0 Å². The van der Waals surface area contributed by atoms with Crippen molar-refractivity contribution in [1.82, 2.24) is 4.57 Å². The van der Waals surface area contributed by atoms with Crippen LogP contribution in [0.4, 0.5) is 11.4 Å². The van der Waals surface area contributed by atoms with Crippen LogP contribution in [0.15, 0.2) is 254 Å². The van der Waals surface area contributed by atoms with Gasteiger partial charge in [-0.1, -0.05) is 194 Å². The molecule has 3 aliphatic carbocycles. The average Bonchev–Trinajstić information content (AvgIpc) is 3.88. The van der Waals surface area contributed by atoms with Crippen LogP contribution in [0, 0.1) is 0 Å². The third kappa shape index (κ3) is 5.67. The Kier molecular flexibility index (Phi) is 8.60. The first-order chi connectivity index (χ1) is 32.3. The van der Waals surface area contributed by atoms with Gasteiger partial charge in [0.2, 0.25) is 0 Å². The molecule has 65 heavy (non-hydrogen) atoms. The summed E-state index contributed by atoms with van der Waals surface area (Å²) in [7, 11) is 0. The number of hydrogen-bond donors (Lipinski definition) is 0. The van der Waals surface area contributed by atoms with Crippen molar-refractivity contribution in [2.24, 2.45) is 0 Å². The van der Waals surface area contributed by atoms with E-state index < -0.39 is 5.41 Å². The molecule has 2 heteroatoms. The van der Waals surface area contributed by atoms with Gasteiger partial charge in [-0.25, -0.2) is 0 Å². The predicted molar refractivity (Wildman–Crippen MR) is 271 cm³/mol. The lowest BCUT2D eigenvalue weighted by Gasteiger charge is -2.35. The maximum absolute atomic E-state index is 2.53. The summed E-state index contributed by atoms with van der Waals surface area (Å²) in [6.45, 7) is 0. The summed E-state index contributed by atoms with van der Waals surface area (Å²) in [6, 6.07) is 82.9. The van der Waals surface area contributed by atoms with Crippen LogP contribution in [0.3, 0.4) is 0 Å². The minimum absolute atomic E-state index is 0.271. The van der Waals surface area contributed by atoms with Crippen molar-refractivity contribution in [3.8, 4) is 27.9 Å². The highest BCUT2D eigenvalue weighted by Gasteiger charge is 2.46. The number of para-hydroxylation sites is 2. The van der Waals surface area contributed by atoms with Gasteiger partial charge in [-0.2, -0.15) is 0 Å². The van der Waals surface area contributed by atoms with Gasteiger partial charge in [0.25, 0.3) is 0 Å². The first-order valence-electron chi connectivity index (χ1n) is 22.8. The quantitative estimate of drug-likeness (QED) is 0.155. The standard InChI is InChI=1S/C63H44N2/c1-4-19-46(20-5-1)63(47-21-6-2-7-22-47)56-29-14-12-26-52(56)53-40-37-45(42-57(53)63)43-34-38-49(39-35-43)65(58-31-16-28-51-50-25-11-10-18-44(50)36-41-54(51)58)61-33-17-32-60-62(61)55-27-13-15-30-59(55)64(60)48-23-8-3-9-24-48/h1-27,29-42,51H,28H2. The van der Waals surface area contributed by atoms with E-state index in [0.717, 1.165) is 23.5 Å². The maximum atomic E-state index is 2.53. The van der Waals surface area contributed by atoms with Crippen LogP contribution in [0.5, 0.6) is 0 Å². The Hall–Kier alpha value is -8.20. The van der Waals surface area contributed by atoms with Gasteiger partial charge < -0.3 is 9.47 Å². The number of allylic oxidation sites excluding steroid dienone is 4. The highest BCUT2D eigenvalue weighted by atomic mass is 15.2. The van der Waals surface area contributed by atoms with Crippen LogP contribution in [-0.4, -0.2) is 4.57 Å². The summed E-state index contributed by atoms with van der Waals surface area (Å²) in [5, 5.41) is 2.46. The summed E-state index contributed by atoms with van der Waals surface area (Å²) in [4.78, 5) is 2.53. The zero-order valence-electron chi connectivity index (χ0n) is 35.9. The number of aromatic nitrogens is 1. The second-order valence-corrected chi connectivity index (χ2v) is 17.5. The van der Waals surface area contributed by atoms with Gasteiger partial charge >= 0.3 is 0 Å². The van der Waals surface area contributed by atoms with Crippen molar-refractivity contribution in [3.05, 3.63) is 287 Å². The van der Waals surface area contributed by atoms with Gasteiger partial charge in [0.1, 0.15) is 0 Å². The number of anilines is 2. The summed E-state index contributed by atoms with van der Waals surface area (Å²) in [5.74, 6) is 0.271. The molecule has 0 fully saturated rings. The smallest absolute Gasteiger partial charge is 0.0713 e. The number of fused-ring (bicyclic) bond motifs is 9. The Labute approximate surface area is 380 Å². The molecule has 0 spiro atoms. The molecule has 2 nitrogen and oxygen atoms in total. The molecule has 1 heterocycles. The highest BCUT2D eigenvalue weighted by Crippen LogP contribution is 2.57. The van der Waals surface area contributed by atoms with E-state index in [2.05, 4.69) is 258 Å². The Bertz CT molecular complexity index is 3510. The van der Waals surface area contributed by atoms with E-state index in [1.807, 2.05) is 0 Å². The molecule has 306 valence electrons. The van der Waals surface area contributed by atoms with E-state index in [0.29, 0.717) is 0 Å². The fourth-order valence-electron chi connectivity index (χ4n) is 11.5. The van der Waals surface area contributed by atoms with E-state index in [-0.39, 0.29) is 5.92 Å². The molecule has 9 aromatic carbocycles. The number of hydrogen-bond acceptors (Lipinski definition) is 1. The van der Waals surface area contributed by atoms with Crippen molar-refractivity contribution >= 4 is 39.3 Å². The maximum Gasteiger partial charge on any atom is 0.0713 e. The summed E-state index contributed by atoms with van der Waals surface area (Å²) >= 11 is 0. The van der Waals surface area contributed by atoms with E-state index >= 15 is 0 Å². The van der Waals surface area contributed by atoms with E-state index in [4.69, 9.17) is 0 Å². The molecule has 1 atom stereocenters. The lowest BCUT2D eigenvalue weighted by molar-refractivity contribution is 0.769. The van der Waals surface area contributed by atoms with Crippen LogP contribution >= 0.6 is 0 Å². The van der Waals surface area contributed by atoms with Gasteiger partial charge in [-0.05, 0) is 122 Å². The van der Waals surface area contributed by atoms with Crippen molar-refractivity contribution < 1.29 is 0 Å². The molecule has 0 saturated heterocycles. The summed E-state index contributed by atoms with van der Waals surface area (Å²) < 4.78 is 2.42. The third-order valence-corrected chi connectivity index (χ3v) is 14.2. The van der Waals surface area contributed by atoms with Crippen LogP contribution in [0.25, 0.3) is 55.8 Å². The topological polar surface area (TPSA) is 8.17 Å². The summed E-state index contributed by atoms with van der Waals surface area (Å²) in [5.41, 5.74) is 20.7. The molecule has 1 unspecified atom stereocenters. The van der Waals surface area contributed by atoms with Gasteiger partial charge in [0, 0.05) is 33.8 Å². The number of benzene rings is 9. The van der Waals surface area contributed by atoms with Crippen molar-refractivity contribution in [3.63, 3.8) is 0 Å². The molecule has 0 saturated carbocycles. The molecule has 0 radical (unpaired) electrons. The minimum Gasteiger partial charge on any atom is -0.310 e. The molecular weight excluding hydrogens is 785 g/mol. The van der Waals surface area contributed by atoms with Gasteiger partial charge in [0.15, 0.2) is 0 Å². The van der Waals surface area contributed by atoms with Crippen molar-refractivity contribution in [2.45, 2.75) is 17.8 Å². The number of nitrogens with zero attached hydrogens (tertiary/aromatic N) is 2. The molecule has 0 N–H and O–H groups in total. The van der Waals surface area contributed by atoms with Crippen LogP contribution in [0.2, 0.25) is 0 Å². The second-order valence-electron chi connectivity index (χ2n) is 17.5. The first-order valence-corrected chi connectivity index (χ1v) is 22.8. The molecule has 0 aliphatic heterocycles. The van der Waals surface area contributed by atoms with E-state index in [1.165, 1.54) is 88.7 Å². The molecule has 10 aromatic rings. The van der Waals surface area contributed by atoms with Crippen molar-refractivity contribution in [1.29, 1.82) is 0 Å². The average molecular weight is 829 g/mol. The van der Waals surface area contributed by atoms with Crippen LogP contribution in [0.1, 0.15) is 45.7 Å². The molecule has 0 amide bonds. The Balaban J connectivity index is 1.01. The molecule has 0 bridgehead atoms. The van der Waals surface area contributed by atoms with Crippen LogP contribution in [-0.2, 0) is 5.41 Å².